The van der Waals surface area contributed by atoms with E-state index in [2.05, 4.69) is 5.32 Å². The van der Waals surface area contributed by atoms with E-state index >= 15 is 0 Å². The molecule has 1 aliphatic rings. The van der Waals surface area contributed by atoms with Crippen molar-refractivity contribution in [2.24, 2.45) is 11.1 Å². The first-order valence-corrected chi connectivity index (χ1v) is 7.53. The van der Waals surface area contributed by atoms with Gasteiger partial charge < -0.3 is 11.1 Å². The normalized spacial score (nSPS) is 30.3. The second-order valence-electron chi connectivity index (χ2n) is 4.80. The highest BCUT2D eigenvalue weighted by molar-refractivity contribution is 7.90. The fourth-order valence-corrected chi connectivity index (χ4v) is 2.50. The summed E-state index contributed by atoms with van der Waals surface area (Å²) < 4.78 is 21.8. The van der Waals surface area contributed by atoms with Crippen molar-refractivity contribution in [1.82, 2.24) is 5.32 Å². The average molecular weight is 248 g/mol. The minimum Gasteiger partial charge on any atom is -0.355 e. The lowest BCUT2D eigenvalue weighted by atomic mass is 9.84. The summed E-state index contributed by atoms with van der Waals surface area (Å²) in [5, 5.41) is 2.65. The van der Waals surface area contributed by atoms with E-state index in [0.29, 0.717) is 0 Å². The molecule has 0 spiro atoms. The molecule has 0 aromatic rings. The van der Waals surface area contributed by atoms with Gasteiger partial charge in [-0.15, -0.1) is 0 Å². The third kappa shape index (κ3) is 3.18. The van der Waals surface area contributed by atoms with Crippen molar-refractivity contribution < 1.29 is 13.2 Å². The highest BCUT2D eigenvalue weighted by Gasteiger charge is 2.42. The highest BCUT2D eigenvalue weighted by Crippen LogP contribution is 2.36. The third-order valence-electron chi connectivity index (χ3n) is 3.31. The lowest BCUT2D eigenvalue weighted by molar-refractivity contribution is -0.130. The summed E-state index contributed by atoms with van der Waals surface area (Å²) in [6.07, 6.45) is 3.74. The standard InChI is InChI=1S/C10H20N2O3S/c1-10(5-3-4-8(10)11)9(13)12-6-7-16(2,14)15/h8H,3-7,11H2,1-2H3,(H,12,13). The number of nitrogens with two attached hydrogens (primary N) is 1. The monoisotopic (exact) mass is 248 g/mol. The molecular weight excluding hydrogens is 228 g/mol. The van der Waals surface area contributed by atoms with Crippen molar-refractivity contribution in [3.8, 4) is 0 Å². The molecule has 1 amide bonds. The Hall–Kier alpha value is -0.620. The van der Waals surface area contributed by atoms with Gasteiger partial charge in [-0.05, 0) is 19.8 Å². The summed E-state index contributed by atoms with van der Waals surface area (Å²) in [5.41, 5.74) is 5.36. The van der Waals surface area contributed by atoms with Crippen LogP contribution in [0.2, 0.25) is 0 Å². The molecule has 0 aliphatic heterocycles. The van der Waals surface area contributed by atoms with E-state index in [-0.39, 0.29) is 24.2 Å². The maximum atomic E-state index is 11.9. The average Bonchev–Trinajstić information content (AvgIpc) is 2.46. The first-order valence-electron chi connectivity index (χ1n) is 5.47. The van der Waals surface area contributed by atoms with E-state index < -0.39 is 15.3 Å². The molecule has 1 fully saturated rings. The van der Waals surface area contributed by atoms with Gasteiger partial charge in [0.25, 0.3) is 0 Å². The summed E-state index contributed by atoms with van der Waals surface area (Å²) in [6.45, 7) is 2.01. The van der Waals surface area contributed by atoms with Crippen molar-refractivity contribution in [3.05, 3.63) is 0 Å². The van der Waals surface area contributed by atoms with Crippen LogP contribution in [0, 0.1) is 5.41 Å². The zero-order valence-electron chi connectivity index (χ0n) is 9.82. The Morgan fingerprint density at radius 1 is 1.56 bits per heavy atom. The Kier molecular flexibility index (Phi) is 3.96. The van der Waals surface area contributed by atoms with Crippen LogP contribution in [0.1, 0.15) is 26.2 Å². The maximum absolute atomic E-state index is 11.9. The number of rotatable bonds is 4. The lowest BCUT2D eigenvalue weighted by Crippen LogP contribution is -2.48. The van der Waals surface area contributed by atoms with E-state index in [1.807, 2.05) is 6.92 Å². The van der Waals surface area contributed by atoms with Gasteiger partial charge in [-0.1, -0.05) is 6.42 Å². The number of amides is 1. The van der Waals surface area contributed by atoms with Gasteiger partial charge in [-0.25, -0.2) is 8.42 Å². The molecule has 3 N–H and O–H groups in total. The number of nitrogens with one attached hydrogen (secondary N) is 1. The number of carbonyl (C=O) groups excluding carboxylic acids is 1. The molecule has 94 valence electrons. The van der Waals surface area contributed by atoms with Gasteiger partial charge in [-0.3, -0.25) is 4.79 Å². The van der Waals surface area contributed by atoms with Crippen LogP contribution in [-0.2, 0) is 14.6 Å². The van der Waals surface area contributed by atoms with E-state index in [1.54, 1.807) is 0 Å². The topological polar surface area (TPSA) is 89.3 Å². The van der Waals surface area contributed by atoms with Crippen LogP contribution in [0.4, 0.5) is 0 Å². The summed E-state index contributed by atoms with van der Waals surface area (Å²) in [5.74, 6) is -0.148. The Morgan fingerprint density at radius 3 is 2.62 bits per heavy atom. The molecular formula is C10H20N2O3S. The van der Waals surface area contributed by atoms with Crippen molar-refractivity contribution in [2.75, 3.05) is 18.6 Å². The van der Waals surface area contributed by atoms with E-state index in [4.69, 9.17) is 5.73 Å². The molecule has 1 aliphatic carbocycles. The van der Waals surface area contributed by atoms with E-state index in [9.17, 15) is 13.2 Å². The number of carbonyl (C=O) groups is 1. The van der Waals surface area contributed by atoms with Crippen molar-refractivity contribution in [2.45, 2.75) is 32.2 Å². The summed E-state index contributed by atoms with van der Waals surface area (Å²) in [4.78, 5) is 11.9. The fourth-order valence-electron chi connectivity index (χ4n) is 2.03. The molecule has 2 unspecified atom stereocenters. The minimum absolute atomic E-state index is 0.0238. The van der Waals surface area contributed by atoms with Crippen LogP contribution in [0.25, 0.3) is 0 Å². The van der Waals surface area contributed by atoms with Crippen LogP contribution in [0.5, 0.6) is 0 Å². The minimum atomic E-state index is -3.02. The van der Waals surface area contributed by atoms with Crippen LogP contribution < -0.4 is 11.1 Å². The van der Waals surface area contributed by atoms with Gasteiger partial charge >= 0.3 is 0 Å². The van der Waals surface area contributed by atoms with E-state index in [1.165, 1.54) is 0 Å². The smallest absolute Gasteiger partial charge is 0.227 e. The second-order valence-corrected chi connectivity index (χ2v) is 7.06. The van der Waals surface area contributed by atoms with Gasteiger partial charge in [0.15, 0.2) is 0 Å². The number of hydrogen-bond donors (Lipinski definition) is 2. The molecule has 5 nitrogen and oxygen atoms in total. The molecule has 0 aromatic carbocycles. The predicted octanol–water partition coefficient (Wildman–Crippen LogP) is -0.335. The number of hydrogen-bond acceptors (Lipinski definition) is 4. The molecule has 0 aromatic heterocycles. The zero-order valence-corrected chi connectivity index (χ0v) is 10.6. The number of sulfone groups is 1. The van der Waals surface area contributed by atoms with Gasteiger partial charge in [0, 0.05) is 18.8 Å². The molecule has 1 saturated carbocycles. The van der Waals surface area contributed by atoms with Crippen LogP contribution in [-0.4, -0.2) is 38.9 Å². The lowest BCUT2D eigenvalue weighted by Gasteiger charge is -2.27. The van der Waals surface area contributed by atoms with Crippen LogP contribution in [0.15, 0.2) is 0 Å². The molecule has 16 heavy (non-hydrogen) atoms. The van der Waals surface area contributed by atoms with Gasteiger partial charge in [0.1, 0.15) is 9.84 Å². The zero-order chi connectivity index (χ0) is 12.4. The van der Waals surface area contributed by atoms with E-state index in [0.717, 1.165) is 25.5 Å². The molecule has 0 radical (unpaired) electrons. The van der Waals surface area contributed by atoms with Crippen LogP contribution in [0.3, 0.4) is 0 Å². The molecule has 0 saturated heterocycles. The van der Waals surface area contributed by atoms with Crippen molar-refractivity contribution in [1.29, 1.82) is 0 Å². The SMILES string of the molecule is CC1(C(=O)NCCS(C)(=O)=O)CCCC1N. The predicted molar refractivity (Wildman–Crippen MR) is 62.7 cm³/mol. The molecule has 1 rings (SSSR count). The van der Waals surface area contributed by atoms with Crippen LogP contribution >= 0.6 is 0 Å². The Balaban J connectivity index is 2.47. The summed E-state index contributed by atoms with van der Waals surface area (Å²) in [6, 6.07) is -0.120. The fraction of sp³-hybridized carbons (Fsp3) is 0.900. The molecule has 0 heterocycles. The van der Waals surface area contributed by atoms with Gasteiger partial charge in [-0.2, -0.15) is 0 Å². The summed E-state index contributed by atoms with van der Waals surface area (Å²) in [7, 11) is -3.02. The largest absolute Gasteiger partial charge is 0.355 e. The quantitative estimate of drug-likeness (QED) is 0.712. The molecule has 0 bridgehead atoms. The first kappa shape index (κ1) is 13.4. The van der Waals surface area contributed by atoms with Crippen molar-refractivity contribution >= 4 is 15.7 Å². The highest BCUT2D eigenvalue weighted by atomic mass is 32.2. The Morgan fingerprint density at radius 2 is 2.19 bits per heavy atom. The van der Waals surface area contributed by atoms with Gasteiger partial charge in [0.05, 0.1) is 11.2 Å². The summed E-state index contributed by atoms with van der Waals surface area (Å²) >= 11 is 0. The molecule has 6 heteroatoms. The first-order chi connectivity index (χ1) is 7.26. The maximum Gasteiger partial charge on any atom is 0.227 e. The molecule has 2 atom stereocenters. The van der Waals surface area contributed by atoms with Crippen molar-refractivity contribution in [3.63, 3.8) is 0 Å². The second kappa shape index (κ2) is 4.71. The van der Waals surface area contributed by atoms with Gasteiger partial charge in [0.2, 0.25) is 5.91 Å². The Bertz CT molecular complexity index is 366. The third-order valence-corrected chi connectivity index (χ3v) is 4.25. The Labute approximate surface area is 96.7 Å².